The Labute approximate surface area is 145 Å². The Morgan fingerprint density at radius 1 is 1.12 bits per heavy atom. The van der Waals surface area contributed by atoms with E-state index in [-0.39, 0.29) is 5.91 Å². The van der Waals surface area contributed by atoms with Crippen LogP contribution in [0, 0.1) is 13.8 Å². The summed E-state index contributed by atoms with van der Waals surface area (Å²) in [4.78, 5) is 16.3. The van der Waals surface area contributed by atoms with Crippen molar-refractivity contribution in [2.75, 3.05) is 5.32 Å². The molecule has 0 bridgehead atoms. The van der Waals surface area contributed by atoms with Crippen LogP contribution in [0.3, 0.4) is 0 Å². The summed E-state index contributed by atoms with van der Waals surface area (Å²) in [6, 6.07) is 11.0. The molecule has 0 atom stereocenters. The number of aromatic nitrogens is 3. The number of benzene rings is 1. The zero-order chi connectivity index (χ0) is 17.1. The Morgan fingerprint density at radius 3 is 2.46 bits per heavy atom. The van der Waals surface area contributed by atoms with Gasteiger partial charge in [-0.15, -0.1) is 0 Å². The van der Waals surface area contributed by atoms with Gasteiger partial charge in [0.15, 0.2) is 0 Å². The van der Waals surface area contributed by atoms with Crippen molar-refractivity contribution in [2.24, 2.45) is 0 Å². The van der Waals surface area contributed by atoms with E-state index < -0.39 is 0 Å². The number of carbonyl (C=O) groups excluding carboxylic acids is 1. The summed E-state index contributed by atoms with van der Waals surface area (Å²) in [6.45, 7) is 4.45. The van der Waals surface area contributed by atoms with Crippen molar-refractivity contribution in [3.05, 3.63) is 76.3 Å². The molecule has 3 aromatic rings. The minimum Gasteiger partial charge on any atom is -0.319 e. The van der Waals surface area contributed by atoms with Gasteiger partial charge in [-0.2, -0.15) is 5.10 Å². The number of anilines is 1. The van der Waals surface area contributed by atoms with Gasteiger partial charge in [-0.3, -0.25) is 14.5 Å². The summed E-state index contributed by atoms with van der Waals surface area (Å²) in [7, 11) is 0. The monoisotopic (exact) mass is 340 g/mol. The lowest BCUT2D eigenvalue weighted by Gasteiger charge is -2.07. The van der Waals surface area contributed by atoms with Crippen LogP contribution in [0.4, 0.5) is 5.69 Å². The minimum absolute atomic E-state index is 0.172. The van der Waals surface area contributed by atoms with E-state index in [1.165, 1.54) is 0 Å². The van der Waals surface area contributed by atoms with Crippen molar-refractivity contribution < 1.29 is 4.79 Å². The lowest BCUT2D eigenvalue weighted by atomic mass is 10.2. The minimum atomic E-state index is -0.172. The lowest BCUT2D eigenvalue weighted by molar-refractivity contribution is 0.102. The van der Waals surface area contributed by atoms with Crippen LogP contribution in [-0.4, -0.2) is 20.7 Å². The Hall–Kier alpha value is -2.66. The van der Waals surface area contributed by atoms with Crippen molar-refractivity contribution in [2.45, 2.75) is 20.4 Å². The molecule has 122 valence electrons. The van der Waals surface area contributed by atoms with Crippen LogP contribution in [-0.2, 0) is 6.54 Å². The van der Waals surface area contributed by atoms with E-state index in [0.29, 0.717) is 17.1 Å². The van der Waals surface area contributed by atoms with E-state index >= 15 is 0 Å². The average molecular weight is 341 g/mol. The second-order valence-electron chi connectivity index (χ2n) is 5.52. The summed E-state index contributed by atoms with van der Waals surface area (Å²) < 4.78 is 1.88. The van der Waals surface area contributed by atoms with Crippen LogP contribution in [0.15, 0.2) is 48.8 Å². The molecule has 0 aliphatic rings. The number of hydrogen-bond donors (Lipinski definition) is 1. The zero-order valence-corrected chi connectivity index (χ0v) is 14.2. The molecule has 0 saturated carbocycles. The van der Waals surface area contributed by atoms with Gasteiger partial charge >= 0.3 is 0 Å². The van der Waals surface area contributed by atoms with Crippen LogP contribution < -0.4 is 5.32 Å². The highest BCUT2D eigenvalue weighted by molar-refractivity contribution is 6.30. The Kier molecular flexibility index (Phi) is 4.62. The molecule has 1 aromatic carbocycles. The normalized spacial score (nSPS) is 10.6. The second-order valence-corrected chi connectivity index (χ2v) is 5.96. The number of rotatable bonds is 4. The smallest absolute Gasteiger partial charge is 0.255 e. The largest absolute Gasteiger partial charge is 0.319 e. The first kappa shape index (κ1) is 16.2. The van der Waals surface area contributed by atoms with E-state index in [0.717, 1.165) is 22.6 Å². The molecule has 24 heavy (non-hydrogen) atoms. The quantitative estimate of drug-likeness (QED) is 0.784. The zero-order valence-electron chi connectivity index (χ0n) is 13.5. The van der Waals surface area contributed by atoms with Gasteiger partial charge in [-0.1, -0.05) is 23.7 Å². The molecule has 0 radical (unpaired) electrons. The van der Waals surface area contributed by atoms with Crippen molar-refractivity contribution >= 4 is 23.2 Å². The van der Waals surface area contributed by atoms with Crippen LogP contribution in [0.2, 0.25) is 5.02 Å². The Morgan fingerprint density at radius 2 is 1.79 bits per heavy atom. The highest BCUT2D eigenvalue weighted by Crippen LogP contribution is 2.21. The first-order chi connectivity index (χ1) is 11.5. The van der Waals surface area contributed by atoms with Gasteiger partial charge in [-0.25, -0.2) is 0 Å². The standard InChI is InChI=1S/C18H17ClN4O/c1-12-17(21-18(24)15-7-9-20-10-8-15)13(2)23(22-12)11-14-3-5-16(19)6-4-14/h3-10H,11H2,1-2H3,(H,21,24). The van der Waals surface area contributed by atoms with Gasteiger partial charge < -0.3 is 5.32 Å². The van der Waals surface area contributed by atoms with Gasteiger partial charge in [0.1, 0.15) is 0 Å². The number of carbonyl (C=O) groups is 1. The number of nitrogens with zero attached hydrogens (tertiary/aromatic N) is 3. The number of nitrogens with one attached hydrogen (secondary N) is 1. The maximum atomic E-state index is 12.3. The van der Waals surface area contributed by atoms with Crippen LogP contribution in [0.25, 0.3) is 0 Å². The molecule has 0 aliphatic heterocycles. The van der Waals surface area contributed by atoms with Crippen LogP contribution in [0.1, 0.15) is 27.3 Å². The predicted octanol–water partition coefficient (Wildman–Crippen LogP) is 3.85. The number of hydrogen-bond acceptors (Lipinski definition) is 3. The molecule has 5 nitrogen and oxygen atoms in total. The predicted molar refractivity (Wildman–Crippen MR) is 94.4 cm³/mol. The molecule has 1 amide bonds. The van der Waals surface area contributed by atoms with E-state index in [4.69, 9.17) is 11.6 Å². The van der Waals surface area contributed by atoms with E-state index in [1.807, 2.05) is 42.8 Å². The highest BCUT2D eigenvalue weighted by atomic mass is 35.5. The number of pyridine rings is 1. The Bertz CT molecular complexity index is 857. The van der Waals surface area contributed by atoms with Crippen molar-refractivity contribution in [3.8, 4) is 0 Å². The molecule has 0 saturated heterocycles. The molecule has 0 unspecified atom stereocenters. The maximum Gasteiger partial charge on any atom is 0.255 e. The average Bonchev–Trinajstić information content (AvgIpc) is 2.85. The topological polar surface area (TPSA) is 59.8 Å². The molecule has 3 rings (SSSR count). The summed E-state index contributed by atoms with van der Waals surface area (Å²) in [5.74, 6) is -0.172. The maximum absolute atomic E-state index is 12.3. The van der Waals surface area contributed by atoms with Gasteiger partial charge in [-0.05, 0) is 43.7 Å². The fourth-order valence-corrected chi connectivity index (χ4v) is 2.61. The summed E-state index contributed by atoms with van der Waals surface area (Å²) in [6.07, 6.45) is 3.19. The third-order valence-electron chi connectivity index (χ3n) is 3.81. The first-order valence-electron chi connectivity index (χ1n) is 7.54. The third kappa shape index (κ3) is 3.46. The van der Waals surface area contributed by atoms with E-state index in [9.17, 15) is 4.79 Å². The summed E-state index contributed by atoms with van der Waals surface area (Å²) in [5.41, 5.74) is 4.09. The SMILES string of the molecule is Cc1nn(Cc2ccc(Cl)cc2)c(C)c1NC(=O)c1ccncc1. The lowest BCUT2D eigenvalue weighted by Crippen LogP contribution is -2.13. The summed E-state index contributed by atoms with van der Waals surface area (Å²) >= 11 is 5.92. The fraction of sp³-hybridized carbons (Fsp3) is 0.167. The van der Waals surface area contributed by atoms with Crippen molar-refractivity contribution in [1.29, 1.82) is 0 Å². The molecule has 6 heteroatoms. The third-order valence-corrected chi connectivity index (χ3v) is 4.06. The summed E-state index contributed by atoms with van der Waals surface area (Å²) in [5, 5.41) is 8.18. The fourth-order valence-electron chi connectivity index (χ4n) is 2.48. The van der Waals surface area contributed by atoms with Crippen molar-refractivity contribution in [3.63, 3.8) is 0 Å². The highest BCUT2D eigenvalue weighted by Gasteiger charge is 2.15. The Balaban J connectivity index is 1.81. The van der Waals surface area contributed by atoms with Gasteiger partial charge in [0, 0.05) is 23.0 Å². The molecular formula is C18H17ClN4O. The molecule has 2 aromatic heterocycles. The number of aryl methyl sites for hydroxylation is 1. The molecule has 0 spiro atoms. The van der Waals surface area contributed by atoms with Gasteiger partial charge in [0.2, 0.25) is 0 Å². The van der Waals surface area contributed by atoms with Gasteiger partial charge in [0.05, 0.1) is 23.6 Å². The van der Waals surface area contributed by atoms with E-state index in [1.54, 1.807) is 24.5 Å². The molecule has 2 heterocycles. The second kappa shape index (κ2) is 6.84. The van der Waals surface area contributed by atoms with Crippen molar-refractivity contribution in [1.82, 2.24) is 14.8 Å². The van der Waals surface area contributed by atoms with Crippen LogP contribution in [0.5, 0.6) is 0 Å². The molecule has 1 N–H and O–H groups in total. The number of halogens is 1. The van der Waals surface area contributed by atoms with E-state index in [2.05, 4.69) is 15.4 Å². The number of amides is 1. The van der Waals surface area contributed by atoms with Gasteiger partial charge in [0.25, 0.3) is 5.91 Å². The first-order valence-corrected chi connectivity index (χ1v) is 7.92. The molecular weight excluding hydrogens is 324 g/mol. The molecule has 0 fully saturated rings. The molecule has 0 aliphatic carbocycles. The van der Waals surface area contributed by atoms with Crippen LogP contribution >= 0.6 is 11.6 Å².